The van der Waals surface area contributed by atoms with Gasteiger partial charge in [0.25, 0.3) is 0 Å². The van der Waals surface area contributed by atoms with E-state index in [1.165, 1.54) is 6.07 Å². The molecule has 0 aliphatic rings. The highest BCUT2D eigenvalue weighted by atomic mass is 35.5. The molecule has 0 aliphatic carbocycles. The van der Waals surface area contributed by atoms with Crippen molar-refractivity contribution in [3.8, 4) is 5.75 Å². The van der Waals surface area contributed by atoms with Crippen LogP contribution in [0.25, 0.3) is 0 Å². The standard InChI is InChI=1S/C15H17ClF3NO5/c1-14(2,3)25-13(23)20-10(12(21)22)6-8-4-5-9(16)11(7-8)24-15(17,18)19/h4-5,7,10H,6H2,1-3H3,(H,20,23)(H,21,22). The Morgan fingerprint density at radius 3 is 2.36 bits per heavy atom. The fourth-order valence-electron chi connectivity index (χ4n) is 1.76. The van der Waals surface area contributed by atoms with Gasteiger partial charge in [-0.15, -0.1) is 13.2 Å². The molecular weight excluding hydrogens is 367 g/mol. The average molecular weight is 384 g/mol. The molecule has 1 aromatic carbocycles. The van der Waals surface area contributed by atoms with E-state index in [0.717, 1.165) is 12.1 Å². The molecule has 0 saturated heterocycles. The van der Waals surface area contributed by atoms with Gasteiger partial charge in [0.15, 0.2) is 0 Å². The van der Waals surface area contributed by atoms with Crippen LogP contribution in [0.15, 0.2) is 18.2 Å². The summed E-state index contributed by atoms with van der Waals surface area (Å²) < 4.78 is 45.7. The number of carboxylic acid groups (broad SMARTS) is 1. The maximum absolute atomic E-state index is 12.3. The normalized spacial score (nSPS) is 13.1. The van der Waals surface area contributed by atoms with E-state index in [-0.39, 0.29) is 17.0 Å². The molecule has 1 atom stereocenters. The van der Waals surface area contributed by atoms with E-state index in [1.807, 2.05) is 0 Å². The highest BCUT2D eigenvalue weighted by molar-refractivity contribution is 6.32. The minimum absolute atomic E-state index is 0.173. The summed E-state index contributed by atoms with van der Waals surface area (Å²) >= 11 is 5.63. The van der Waals surface area contributed by atoms with Gasteiger partial charge in [0.1, 0.15) is 17.4 Å². The van der Waals surface area contributed by atoms with Crippen LogP contribution in [-0.2, 0) is 16.0 Å². The number of ether oxygens (including phenoxy) is 2. The van der Waals surface area contributed by atoms with Crippen molar-refractivity contribution in [2.24, 2.45) is 0 Å². The van der Waals surface area contributed by atoms with Crippen molar-refractivity contribution >= 4 is 23.7 Å². The van der Waals surface area contributed by atoms with E-state index >= 15 is 0 Å². The quantitative estimate of drug-likeness (QED) is 0.808. The summed E-state index contributed by atoms with van der Waals surface area (Å²) in [6.07, 6.45) is -6.19. The third-order valence-corrected chi connectivity index (χ3v) is 2.96. The van der Waals surface area contributed by atoms with Crippen LogP contribution in [0, 0.1) is 0 Å². The number of nitrogens with one attached hydrogen (secondary N) is 1. The molecular formula is C15H17ClF3NO5. The minimum atomic E-state index is -4.94. The van der Waals surface area contributed by atoms with Crippen LogP contribution in [0.1, 0.15) is 26.3 Å². The number of hydrogen-bond donors (Lipinski definition) is 2. The summed E-state index contributed by atoms with van der Waals surface area (Å²) in [6, 6.07) is 2.03. The molecule has 1 amide bonds. The van der Waals surface area contributed by atoms with Gasteiger partial charge in [-0.1, -0.05) is 17.7 Å². The van der Waals surface area contributed by atoms with E-state index in [0.29, 0.717) is 0 Å². The summed E-state index contributed by atoms with van der Waals surface area (Å²) in [5, 5.41) is 11.0. The molecule has 0 heterocycles. The molecule has 140 valence electrons. The molecule has 0 saturated carbocycles. The molecule has 0 aliphatic heterocycles. The van der Waals surface area contributed by atoms with Crippen molar-refractivity contribution in [1.82, 2.24) is 5.32 Å². The van der Waals surface area contributed by atoms with Gasteiger partial charge < -0.3 is 19.9 Å². The van der Waals surface area contributed by atoms with Gasteiger partial charge in [0.2, 0.25) is 0 Å². The van der Waals surface area contributed by atoms with E-state index in [4.69, 9.17) is 16.3 Å². The van der Waals surface area contributed by atoms with E-state index in [2.05, 4.69) is 10.1 Å². The van der Waals surface area contributed by atoms with Gasteiger partial charge >= 0.3 is 18.4 Å². The molecule has 1 unspecified atom stereocenters. The number of amides is 1. The average Bonchev–Trinajstić information content (AvgIpc) is 2.37. The van der Waals surface area contributed by atoms with E-state index in [9.17, 15) is 27.9 Å². The number of carbonyl (C=O) groups is 2. The van der Waals surface area contributed by atoms with Crippen LogP contribution < -0.4 is 10.1 Å². The van der Waals surface area contributed by atoms with Gasteiger partial charge in [-0.2, -0.15) is 0 Å². The second-order valence-corrected chi connectivity index (χ2v) is 6.46. The predicted molar refractivity (Wildman–Crippen MR) is 82.6 cm³/mol. The SMILES string of the molecule is CC(C)(C)OC(=O)NC(Cc1ccc(Cl)c(OC(F)(F)F)c1)C(=O)O. The Balaban J connectivity index is 2.90. The minimum Gasteiger partial charge on any atom is -0.480 e. The first kappa shape index (κ1) is 20.9. The lowest BCUT2D eigenvalue weighted by Gasteiger charge is -2.22. The van der Waals surface area contributed by atoms with Gasteiger partial charge in [0, 0.05) is 6.42 Å². The van der Waals surface area contributed by atoms with E-state index < -0.39 is 35.8 Å². The fourth-order valence-corrected chi connectivity index (χ4v) is 1.92. The van der Waals surface area contributed by atoms with Crippen molar-refractivity contribution in [2.45, 2.75) is 45.2 Å². The summed E-state index contributed by atoms with van der Waals surface area (Å²) in [7, 11) is 0. The Kier molecular flexibility index (Phi) is 6.53. The number of hydrogen-bond acceptors (Lipinski definition) is 4. The lowest BCUT2D eigenvalue weighted by molar-refractivity contribution is -0.274. The third kappa shape index (κ3) is 7.97. The summed E-state index contributed by atoms with van der Waals surface area (Å²) in [4.78, 5) is 23.0. The number of alkyl halides is 3. The van der Waals surface area contributed by atoms with Crippen molar-refractivity contribution in [3.05, 3.63) is 28.8 Å². The molecule has 0 radical (unpaired) electrons. The Labute approximate surface area is 146 Å². The molecule has 0 aromatic heterocycles. The predicted octanol–water partition coefficient (Wildman–Crippen LogP) is 3.76. The van der Waals surface area contributed by atoms with Gasteiger partial charge in [-0.05, 0) is 38.5 Å². The number of rotatable bonds is 5. The highest BCUT2D eigenvalue weighted by Gasteiger charge is 2.32. The number of alkyl carbamates (subject to hydrolysis) is 1. The fraction of sp³-hybridized carbons (Fsp3) is 0.467. The second kappa shape index (κ2) is 7.81. The number of carboxylic acids is 1. The van der Waals surface area contributed by atoms with Gasteiger partial charge in [0.05, 0.1) is 5.02 Å². The van der Waals surface area contributed by atoms with E-state index in [1.54, 1.807) is 20.8 Å². The van der Waals surface area contributed by atoms with Crippen LogP contribution in [-0.4, -0.2) is 35.2 Å². The Morgan fingerprint density at radius 2 is 1.88 bits per heavy atom. The molecule has 25 heavy (non-hydrogen) atoms. The zero-order chi connectivity index (χ0) is 19.4. The van der Waals surface area contributed by atoms with Crippen molar-refractivity contribution in [2.75, 3.05) is 0 Å². The first-order valence-corrected chi connectivity index (χ1v) is 7.41. The molecule has 0 bridgehead atoms. The lowest BCUT2D eigenvalue weighted by atomic mass is 10.1. The Hall–Kier alpha value is -2.16. The summed E-state index contributed by atoms with van der Waals surface area (Å²) in [6.45, 7) is 4.80. The summed E-state index contributed by atoms with van der Waals surface area (Å²) in [5.41, 5.74) is -0.659. The number of carbonyl (C=O) groups excluding carboxylic acids is 1. The van der Waals surface area contributed by atoms with Gasteiger partial charge in [-0.25, -0.2) is 9.59 Å². The molecule has 10 heteroatoms. The number of halogens is 4. The molecule has 2 N–H and O–H groups in total. The van der Waals surface area contributed by atoms with Crippen molar-refractivity contribution in [3.63, 3.8) is 0 Å². The second-order valence-electron chi connectivity index (χ2n) is 6.05. The maximum Gasteiger partial charge on any atom is 0.573 e. The first-order valence-electron chi connectivity index (χ1n) is 7.03. The maximum atomic E-state index is 12.3. The molecule has 1 aromatic rings. The van der Waals surface area contributed by atoms with Crippen LogP contribution in [0.2, 0.25) is 5.02 Å². The number of benzene rings is 1. The van der Waals surface area contributed by atoms with Crippen molar-refractivity contribution in [1.29, 1.82) is 0 Å². The molecule has 1 rings (SSSR count). The highest BCUT2D eigenvalue weighted by Crippen LogP contribution is 2.31. The molecule has 0 spiro atoms. The molecule has 0 fully saturated rings. The zero-order valence-electron chi connectivity index (χ0n) is 13.6. The van der Waals surface area contributed by atoms with Crippen LogP contribution in [0.3, 0.4) is 0 Å². The zero-order valence-corrected chi connectivity index (χ0v) is 14.4. The lowest BCUT2D eigenvalue weighted by Crippen LogP contribution is -2.44. The first-order chi connectivity index (χ1) is 11.3. The van der Waals surface area contributed by atoms with Gasteiger partial charge in [-0.3, -0.25) is 0 Å². The smallest absolute Gasteiger partial charge is 0.480 e. The van der Waals surface area contributed by atoms with Crippen LogP contribution >= 0.6 is 11.6 Å². The largest absolute Gasteiger partial charge is 0.573 e. The Morgan fingerprint density at radius 1 is 1.28 bits per heavy atom. The molecule has 6 nitrogen and oxygen atoms in total. The van der Waals surface area contributed by atoms with Crippen LogP contribution in [0.5, 0.6) is 5.75 Å². The number of aliphatic carboxylic acids is 1. The topological polar surface area (TPSA) is 84.9 Å². The summed E-state index contributed by atoms with van der Waals surface area (Å²) in [5.74, 6) is -2.04. The van der Waals surface area contributed by atoms with Crippen LogP contribution in [0.4, 0.5) is 18.0 Å². The Bertz CT molecular complexity index is 643. The third-order valence-electron chi connectivity index (χ3n) is 2.65. The van der Waals surface area contributed by atoms with Crippen molar-refractivity contribution < 1.29 is 37.3 Å². The monoisotopic (exact) mass is 383 g/mol.